The zero-order valence-corrected chi connectivity index (χ0v) is 14.6. The van der Waals surface area contributed by atoms with E-state index in [0.29, 0.717) is 5.69 Å². The Morgan fingerprint density at radius 1 is 1.31 bits per heavy atom. The van der Waals surface area contributed by atoms with E-state index in [0.717, 1.165) is 12.5 Å². The van der Waals surface area contributed by atoms with Crippen LogP contribution >= 0.6 is 0 Å². The summed E-state index contributed by atoms with van der Waals surface area (Å²) in [7, 11) is 1.23. The minimum absolute atomic E-state index is 0.0456. The predicted octanol–water partition coefficient (Wildman–Crippen LogP) is 4.89. The van der Waals surface area contributed by atoms with Crippen molar-refractivity contribution in [1.29, 1.82) is 0 Å². The quantitative estimate of drug-likeness (QED) is 0.736. The summed E-state index contributed by atoms with van der Waals surface area (Å²) in [4.78, 5) is 15.7. The monoisotopic (exact) mass is 368 g/mol. The van der Waals surface area contributed by atoms with Gasteiger partial charge in [-0.05, 0) is 43.7 Å². The van der Waals surface area contributed by atoms with Crippen molar-refractivity contribution >= 4 is 11.7 Å². The lowest BCUT2D eigenvalue weighted by Gasteiger charge is -2.17. The summed E-state index contributed by atoms with van der Waals surface area (Å²) in [5.74, 6) is -1.17. The molecular weight excluding hydrogens is 349 g/mol. The highest BCUT2D eigenvalue weighted by Gasteiger charge is 2.35. The van der Waals surface area contributed by atoms with Crippen LogP contribution in [0.25, 0.3) is 0 Å². The third kappa shape index (κ3) is 4.65. The number of halogens is 3. The number of methoxy groups -OCH3 is 1. The first-order chi connectivity index (χ1) is 12.3. The number of hydrogen-bond donors (Lipinski definition) is 1. The molecule has 1 N–H and O–H groups in total. The smallest absolute Gasteiger partial charge is 0.421 e. The minimum Gasteiger partial charge on any atom is -0.465 e. The first-order valence-electron chi connectivity index (χ1n) is 7.95. The summed E-state index contributed by atoms with van der Waals surface area (Å²) in [6.45, 7) is 3.92. The summed E-state index contributed by atoms with van der Waals surface area (Å²) >= 11 is 0. The molecule has 0 fully saturated rings. The average Bonchev–Trinajstić information content (AvgIpc) is 2.61. The summed E-state index contributed by atoms with van der Waals surface area (Å²) < 4.78 is 49.2. The maximum absolute atomic E-state index is 13.1. The third-order valence-electron chi connectivity index (χ3n) is 3.70. The second-order valence-electron chi connectivity index (χ2n) is 5.61. The fraction of sp³-hybridized carbons (Fsp3) is 0.333. The standard InChI is InChI=1S/C18H19F3N2O3/c1-4-11(2)23-15-8-7-12(10-13(15)17(24)25-3)26-16-14(18(19,20)21)6-5-9-22-16/h5-11,23H,4H2,1-3H3/t11-/m0/s1. The molecule has 26 heavy (non-hydrogen) atoms. The first-order valence-corrected chi connectivity index (χ1v) is 7.95. The molecule has 1 heterocycles. The van der Waals surface area contributed by atoms with E-state index in [1.54, 1.807) is 6.07 Å². The molecule has 0 bridgehead atoms. The van der Waals surface area contributed by atoms with Gasteiger partial charge in [-0.1, -0.05) is 6.92 Å². The maximum atomic E-state index is 13.1. The molecule has 0 aliphatic rings. The minimum atomic E-state index is -4.60. The number of nitrogens with one attached hydrogen (secondary N) is 1. The van der Waals surface area contributed by atoms with Crippen LogP contribution in [0.1, 0.15) is 36.2 Å². The molecule has 0 spiro atoms. The van der Waals surface area contributed by atoms with Crippen molar-refractivity contribution in [3.8, 4) is 11.6 Å². The number of anilines is 1. The normalized spacial score (nSPS) is 12.4. The van der Waals surface area contributed by atoms with Gasteiger partial charge in [0.2, 0.25) is 5.88 Å². The van der Waals surface area contributed by atoms with Gasteiger partial charge in [0.25, 0.3) is 0 Å². The van der Waals surface area contributed by atoms with Gasteiger partial charge in [-0.25, -0.2) is 9.78 Å². The lowest BCUT2D eigenvalue weighted by atomic mass is 10.1. The topological polar surface area (TPSA) is 60.5 Å². The number of nitrogens with zero attached hydrogens (tertiary/aromatic N) is 1. The van der Waals surface area contributed by atoms with Crippen molar-refractivity contribution in [3.05, 3.63) is 47.7 Å². The van der Waals surface area contributed by atoms with Gasteiger partial charge in [0, 0.05) is 17.9 Å². The summed E-state index contributed by atoms with van der Waals surface area (Å²) in [6.07, 6.45) is -2.58. The molecule has 5 nitrogen and oxygen atoms in total. The van der Waals surface area contributed by atoms with E-state index in [1.165, 1.54) is 31.5 Å². The van der Waals surface area contributed by atoms with Crippen LogP contribution in [0.5, 0.6) is 11.6 Å². The summed E-state index contributed by atoms with van der Waals surface area (Å²) in [5, 5.41) is 3.15. The fourth-order valence-electron chi connectivity index (χ4n) is 2.16. The number of benzene rings is 1. The van der Waals surface area contributed by atoms with Crippen molar-refractivity contribution in [1.82, 2.24) is 4.98 Å². The second kappa shape index (κ2) is 8.07. The number of rotatable bonds is 6. The van der Waals surface area contributed by atoms with Gasteiger partial charge in [0.05, 0.1) is 12.7 Å². The Morgan fingerprint density at radius 2 is 2.04 bits per heavy atom. The van der Waals surface area contributed by atoms with Gasteiger partial charge in [-0.3, -0.25) is 0 Å². The van der Waals surface area contributed by atoms with E-state index < -0.39 is 23.6 Å². The van der Waals surface area contributed by atoms with E-state index in [9.17, 15) is 18.0 Å². The predicted molar refractivity (Wildman–Crippen MR) is 90.5 cm³/mol. The van der Waals surface area contributed by atoms with Crippen molar-refractivity contribution in [3.63, 3.8) is 0 Å². The number of pyridine rings is 1. The molecule has 0 saturated heterocycles. The zero-order valence-electron chi connectivity index (χ0n) is 14.6. The number of aromatic nitrogens is 1. The molecule has 1 aromatic heterocycles. The van der Waals surface area contributed by atoms with E-state index in [-0.39, 0.29) is 17.4 Å². The Balaban J connectivity index is 2.39. The second-order valence-corrected chi connectivity index (χ2v) is 5.61. The molecule has 0 aliphatic carbocycles. The van der Waals surface area contributed by atoms with E-state index >= 15 is 0 Å². The number of carbonyl (C=O) groups is 1. The third-order valence-corrected chi connectivity index (χ3v) is 3.70. The summed E-state index contributed by atoms with van der Waals surface area (Å²) in [6, 6.07) is 6.50. The molecule has 2 aromatic rings. The molecule has 1 aromatic carbocycles. The van der Waals surface area contributed by atoms with Crippen LogP contribution in [0.4, 0.5) is 18.9 Å². The number of esters is 1. The molecular formula is C18H19F3N2O3. The highest BCUT2D eigenvalue weighted by Crippen LogP contribution is 2.37. The van der Waals surface area contributed by atoms with Gasteiger partial charge < -0.3 is 14.8 Å². The Labute approximate surface area is 149 Å². The van der Waals surface area contributed by atoms with Crippen LogP contribution in [0, 0.1) is 0 Å². The van der Waals surface area contributed by atoms with Gasteiger partial charge in [-0.2, -0.15) is 13.2 Å². The van der Waals surface area contributed by atoms with E-state index in [1.807, 2.05) is 13.8 Å². The maximum Gasteiger partial charge on any atom is 0.421 e. The SMILES string of the molecule is CC[C@H](C)Nc1ccc(Oc2ncccc2C(F)(F)F)cc1C(=O)OC. The van der Waals surface area contributed by atoms with Crippen molar-refractivity contribution in [2.45, 2.75) is 32.5 Å². The molecule has 0 radical (unpaired) electrons. The molecule has 0 aliphatic heterocycles. The zero-order chi connectivity index (χ0) is 19.3. The van der Waals surface area contributed by atoms with Crippen molar-refractivity contribution in [2.24, 2.45) is 0 Å². The van der Waals surface area contributed by atoms with Crippen molar-refractivity contribution in [2.75, 3.05) is 12.4 Å². The largest absolute Gasteiger partial charge is 0.465 e. The first kappa shape index (κ1) is 19.6. The van der Waals surface area contributed by atoms with E-state index in [4.69, 9.17) is 9.47 Å². The Bertz CT molecular complexity index is 779. The lowest BCUT2D eigenvalue weighted by molar-refractivity contribution is -0.138. The molecule has 8 heteroatoms. The van der Waals surface area contributed by atoms with Gasteiger partial charge >= 0.3 is 12.1 Å². The van der Waals surface area contributed by atoms with Crippen LogP contribution in [0.15, 0.2) is 36.5 Å². The van der Waals surface area contributed by atoms with Crippen molar-refractivity contribution < 1.29 is 27.4 Å². The van der Waals surface area contributed by atoms with Crippen LogP contribution in [-0.4, -0.2) is 24.1 Å². The summed E-state index contributed by atoms with van der Waals surface area (Å²) in [5.41, 5.74) is -0.327. The Kier molecular flexibility index (Phi) is 6.07. The number of ether oxygens (including phenoxy) is 2. The molecule has 0 amide bonds. The Hall–Kier alpha value is -2.77. The molecule has 0 unspecified atom stereocenters. The van der Waals surface area contributed by atoms with Gasteiger partial charge in [0.15, 0.2) is 0 Å². The highest BCUT2D eigenvalue weighted by atomic mass is 19.4. The number of hydrogen-bond acceptors (Lipinski definition) is 5. The molecule has 1 atom stereocenters. The number of carbonyl (C=O) groups excluding carboxylic acids is 1. The van der Waals surface area contributed by atoms with Gasteiger partial charge in [-0.15, -0.1) is 0 Å². The fourth-order valence-corrected chi connectivity index (χ4v) is 2.16. The molecule has 2 rings (SSSR count). The average molecular weight is 368 g/mol. The van der Waals surface area contributed by atoms with Crippen LogP contribution in [0.3, 0.4) is 0 Å². The van der Waals surface area contributed by atoms with Gasteiger partial charge in [0.1, 0.15) is 11.3 Å². The highest BCUT2D eigenvalue weighted by molar-refractivity contribution is 5.96. The number of alkyl halides is 3. The van der Waals surface area contributed by atoms with Crippen LogP contribution in [0.2, 0.25) is 0 Å². The van der Waals surface area contributed by atoms with Crippen LogP contribution < -0.4 is 10.1 Å². The lowest BCUT2D eigenvalue weighted by Crippen LogP contribution is -2.16. The molecule has 140 valence electrons. The van der Waals surface area contributed by atoms with Crippen LogP contribution in [-0.2, 0) is 10.9 Å². The van der Waals surface area contributed by atoms with E-state index in [2.05, 4.69) is 10.3 Å². The molecule has 0 saturated carbocycles. The Morgan fingerprint density at radius 3 is 2.65 bits per heavy atom.